The smallest absolute Gasteiger partial charge is 0.360 e. The van der Waals surface area contributed by atoms with Crippen molar-refractivity contribution in [3.8, 4) is 6.07 Å². The van der Waals surface area contributed by atoms with E-state index in [-0.39, 0.29) is 6.07 Å². The molecule has 2 N–H and O–H groups in total. The summed E-state index contributed by atoms with van der Waals surface area (Å²) in [6, 6.07) is 2.40. The van der Waals surface area contributed by atoms with Crippen LogP contribution in [0.3, 0.4) is 0 Å². The first-order chi connectivity index (χ1) is 11.6. The van der Waals surface area contributed by atoms with Crippen LogP contribution in [0.25, 0.3) is 0 Å². The Morgan fingerprint density at radius 1 is 1.00 bits per heavy atom. The highest BCUT2D eigenvalue weighted by molar-refractivity contribution is 5.97. The average molecular weight is 379 g/mol. The molecule has 0 aromatic heterocycles. The summed E-state index contributed by atoms with van der Waals surface area (Å²) in [5, 5.41) is 13.5. The number of benzene rings is 1. The van der Waals surface area contributed by atoms with E-state index >= 15 is 0 Å². The summed E-state index contributed by atoms with van der Waals surface area (Å²) >= 11 is 0. The number of anilines is 1. The van der Waals surface area contributed by atoms with Gasteiger partial charge in [-0.1, -0.05) is 0 Å². The average Bonchev–Trinajstić information content (AvgIpc) is 2.43. The highest BCUT2D eigenvalue weighted by atomic mass is 19.4. The first-order valence-corrected chi connectivity index (χ1v) is 7.12. The molecule has 10 heteroatoms. The van der Waals surface area contributed by atoms with Crippen LogP contribution in [0.2, 0.25) is 0 Å². The molecular formula is C16H15F6N3O. The third kappa shape index (κ3) is 6.31. The lowest BCUT2D eigenvalue weighted by Gasteiger charge is -2.20. The van der Waals surface area contributed by atoms with Crippen molar-refractivity contribution in [1.29, 1.82) is 5.26 Å². The SMILES string of the molecule is CC(C)(C)NC(=O)/C(C#N)=C\Nc1cc(C(F)(F)F)cc(C(F)(F)F)c1. The number of nitrogens with one attached hydrogen (secondary N) is 2. The van der Waals surface area contributed by atoms with Crippen molar-refractivity contribution in [2.24, 2.45) is 0 Å². The summed E-state index contributed by atoms with van der Waals surface area (Å²) in [5.74, 6) is -0.824. The molecule has 0 atom stereocenters. The van der Waals surface area contributed by atoms with Gasteiger partial charge < -0.3 is 10.6 Å². The van der Waals surface area contributed by atoms with Gasteiger partial charge in [-0.15, -0.1) is 0 Å². The molecule has 26 heavy (non-hydrogen) atoms. The molecule has 1 amide bonds. The molecule has 0 fully saturated rings. The van der Waals surface area contributed by atoms with Crippen molar-refractivity contribution in [3.63, 3.8) is 0 Å². The zero-order valence-corrected chi connectivity index (χ0v) is 13.9. The Bertz CT molecular complexity index is 719. The van der Waals surface area contributed by atoms with Crippen LogP contribution in [0.15, 0.2) is 30.0 Å². The van der Waals surface area contributed by atoms with Crippen LogP contribution >= 0.6 is 0 Å². The normalized spacial score (nSPS) is 13.2. The van der Waals surface area contributed by atoms with E-state index in [9.17, 15) is 31.1 Å². The molecule has 0 saturated heterocycles. The van der Waals surface area contributed by atoms with Gasteiger partial charge in [0, 0.05) is 17.4 Å². The van der Waals surface area contributed by atoms with Crippen molar-refractivity contribution in [2.45, 2.75) is 38.7 Å². The molecular weight excluding hydrogens is 364 g/mol. The van der Waals surface area contributed by atoms with E-state index < -0.39 is 46.2 Å². The largest absolute Gasteiger partial charge is 0.416 e. The Balaban J connectivity index is 3.23. The number of halogens is 6. The third-order valence-corrected chi connectivity index (χ3v) is 2.82. The van der Waals surface area contributed by atoms with Crippen LogP contribution in [0.1, 0.15) is 31.9 Å². The molecule has 1 aromatic rings. The zero-order chi connectivity index (χ0) is 20.3. The van der Waals surface area contributed by atoms with Crippen molar-refractivity contribution < 1.29 is 31.1 Å². The molecule has 0 aliphatic heterocycles. The van der Waals surface area contributed by atoms with E-state index in [4.69, 9.17) is 5.26 Å². The van der Waals surface area contributed by atoms with E-state index in [0.717, 1.165) is 6.20 Å². The Morgan fingerprint density at radius 2 is 1.46 bits per heavy atom. The second kappa shape index (κ2) is 7.27. The molecule has 1 rings (SSSR count). The number of alkyl halides is 6. The highest BCUT2D eigenvalue weighted by Gasteiger charge is 2.36. The van der Waals surface area contributed by atoms with Gasteiger partial charge in [0.1, 0.15) is 11.6 Å². The molecule has 0 bridgehead atoms. The lowest BCUT2D eigenvalue weighted by Crippen LogP contribution is -2.41. The fourth-order valence-electron chi connectivity index (χ4n) is 1.75. The maximum Gasteiger partial charge on any atom is 0.416 e. The fraction of sp³-hybridized carbons (Fsp3) is 0.375. The Morgan fingerprint density at radius 3 is 1.81 bits per heavy atom. The summed E-state index contributed by atoms with van der Waals surface area (Å²) in [5.41, 5.74) is -4.79. The number of amides is 1. The number of hydrogen-bond acceptors (Lipinski definition) is 3. The summed E-state index contributed by atoms with van der Waals surface area (Å²) in [4.78, 5) is 11.9. The van der Waals surface area contributed by atoms with E-state index in [1.165, 1.54) is 6.07 Å². The van der Waals surface area contributed by atoms with Gasteiger partial charge in [0.2, 0.25) is 0 Å². The number of nitriles is 1. The van der Waals surface area contributed by atoms with Crippen LogP contribution < -0.4 is 10.6 Å². The van der Waals surface area contributed by atoms with E-state index in [1.54, 1.807) is 20.8 Å². The lowest BCUT2D eigenvalue weighted by molar-refractivity contribution is -0.143. The molecule has 0 spiro atoms. The minimum Gasteiger partial charge on any atom is -0.360 e. The van der Waals surface area contributed by atoms with E-state index in [2.05, 4.69) is 10.6 Å². The van der Waals surface area contributed by atoms with Gasteiger partial charge in [0.25, 0.3) is 5.91 Å². The second-order valence-electron chi connectivity index (χ2n) is 6.31. The van der Waals surface area contributed by atoms with Crippen molar-refractivity contribution in [3.05, 3.63) is 41.1 Å². The highest BCUT2D eigenvalue weighted by Crippen LogP contribution is 2.37. The van der Waals surface area contributed by atoms with Gasteiger partial charge in [-0.2, -0.15) is 31.6 Å². The molecule has 0 unspecified atom stereocenters. The minimum atomic E-state index is -5.00. The van der Waals surface area contributed by atoms with Crippen molar-refractivity contribution in [2.75, 3.05) is 5.32 Å². The monoisotopic (exact) mass is 379 g/mol. The fourth-order valence-corrected chi connectivity index (χ4v) is 1.75. The molecule has 0 saturated carbocycles. The Labute approximate surface area is 145 Å². The van der Waals surface area contributed by atoms with Crippen LogP contribution in [0.5, 0.6) is 0 Å². The third-order valence-electron chi connectivity index (χ3n) is 2.82. The molecule has 0 aliphatic rings. The molecule has 4 nitrogen and oxygen atoms in total. The van der Waals surface area contributed by atoms with Crippen LogP contribution in [-0.2, 0) is 17.1 Å². The number of carbonyl (C=O) groups is 1. The van der Waals surface area contributed by atoms with Gasteiger partial charge in [-0.05, 0) is 39.0 Å². The number of hydrogen-bond donors (Lipinski definition) is 2. The summed E-state index contributed by atoms with van der Waals surface area (Å²) in [7, 11) is 0. The zero-order valence-electron chi connectivity index (χ0n) is 13.9. The molecule has 142 valence electrons. The number of rotatable bonds is 3. The summed E-state index contributed by atoms with van der Waals surface area (Å²) in [6.07, 6.45) is -9.25. The van der Waals surface area contributed by atoms with Crippen LogP contribution in [0.4, 0.5) is 32.0 Å². The molecule has 0 radical (unpaired) electrons. The van der Waals surface area contributed by atoms with E-state index in [0.29, 0.717) is 12.1 Å². The maximum atomic E-state index is 12.8. The quantitative estimate of drug-likeness (QED) is 0.463. The van der Waals surface area contributed by atoms with Crippen LogP contribution in [-0.4, -0.2) is 11.4 Å². The van der Waals surface area contributed by atoms with Gasteiger partial charge in [-0.25, -0.2) is 0 Å². The van der Waals surface area contributed by atoms with Crippen LogP contribution in [0, 0.1) is 11.3 Å². The van der Waals surface area contributed by atoms with Gasteiger partial charge in [0.15, 0.2) is 0 Å². The molecule has 1 aromatic carbocycles. The van der Waals surface area contributed by atoms with Gasteiger partial charge in [-0.3, -0.25) is 4.79 Å². The predicted octanol–water partition coefficient (Wildman–Crippen LogP) is 4.46. The Hall–Kier alpha value is -2.70. The standard InChI is InChI=1S/C16H15F6N3O/c1-14(2,3)25-13(26)9(7-23)8-24-12-5-10(15(17,18)19)4-11(6-12)16(20,21)22/h4-6,8,24H,1-3H3,(H,25,26)/b9-8-. The molecule has 0 heterocycles. The second-order valence-corrected chi connectivity index (χ2v) is 6.31. The number of carbonyl (C=O) groups excluding carboxylic acids is 1. The molecule has 0 aliphatic carbocycles. The maximum absolute atomic E-state index is 12.8. The van der Waals surface area contributed by atoms with Gasteiger partial charge >= 0.3 is 12.4 Å². The number of nitrogens with zero attached hydrogens (tertiary/aromatic N) is 1. The summed E-state index contributed by atoms with van der Waals surface area (Å²) < 4.78 is 76.7. The topological polar surface area (TPSA) is 64.9 Å². The minimum absolute atomic E-state index is 0.0214. The lowest BCUT2D eigenvalue weighted by atomic mass is 10.1. The van der Waals surface area contributed by atoms with Crippen molar-refractivity contribution >= 4 is 11.6 Å². The van der Waals surface area contributed by atoms with Gasteiger partial charge in [0.05, 0.1) is 11.1 Å². The van der Waals surface area contributed by atoms with Crippen molar-refractivity contribution in [1.82, 2.24) is 5.32 Å². The summed E-state index contributed by atoms with van der Waals surface area (Å²) in [6.45, 7) is 4.90. The van der Waals surface area contributed by atoms with E-state index in [1.807, 2.05) is 0 Å². The first-order valence-electron chi connectivity index (χ1n) is 7.12. The predicted molar refractivity (Wildman–Crippen MR) is 81.7 cm³/mol. The Kier molecular flexibility index (Phi) is 5.97. The first kappa shape index (κ1) is 21.3.